The summed E-state index contributed by atoms with van der Waals surface area (Å²) < 4.78 is -0.0629. The summed E-state index contributed by atoms with van der Waals surface area (Å²) in [5.74, 6) is -2.10. The zero-order valence-electron chi connectivity index (χ0n) is 22.2. The van der Waals surface area contributed by atoms with Crippen molar-refractivity contribution in [3.05, 3.63) is 59.2 Å². The van der Waals surface area contributed by atoms with Gasteiger partial charge in [0.05, 0.1) is 26.1 Å². The first-order valence-electron chi connectivity index (χ1n) is 12.5. The Labute approximate surface area is 222 Å². The SMILES string of the molecule is CC(=O)c1cccc(NC(=O)Nc2ccc(CNC(=O)[C@H]3CC(C)C[N+](C)(C(=O)CC(=O)O)C3)cc2)c1C. The number of aliphatic carboxylic acids is 1. The lowest BCUT2D eigenvalue weighted by atomic mass is 9.87. The lowest BCUT2D eigenvalue weighted by molar-refractivity contribution is -0.846. The van der Waals surface area contributed by atoms with E-state index in [1.165, 1.54) is 6.92 Å². The summed E-state index contributed by atoms with van der Waals surface area (Å²) in [6.07, 6.45) is 0.0766. The first-order valence-corrected chi connectivity index (χ1v) is 12.5. The van der Waals surface area contributed by atoms with Crippen molar-refractivity contribution >= 4 is 41.0 Å². The molecule has 1 fully saturated rings. The first kappa shape index (κ1) is 28.5. The third kappa shape index (κ3) is 7.25. The summed E-state index contributed by atoms with van der Waals surface area (Å²) in [7, 11) is 1.70. The van der Waals surface area contributed by atoms with Crippen molar-refractivity contribution in [3.63, 3.8) is 0 Å². The van der Waals surface area contributed by atoms with Crippen molar-refractivity contribution in [1.82, 2.24) is 5.32 Å². The largest absolute Gasteiger partial charge is 0.481 e. The average molecular weight is 524 g/mol. The topological polar surface area (TPSA) is 142 Å². The van der Waals surface area contributed by atoms with E-state index in [2.05, 4.69) is 16.0 Å². The number of anilines is 2. The zero-order valence-corrected chi connectivity index (χ0v) is 22.2. The highest BCUT2D eigenvalue weighted by molar-refractivity contribution is 6.02. The number of carboxylic acid groups (broad SMARTS) is 1. The van der Waals surface area contributed by atoms with Crippen LogP contribution in [0.5, 0.6) is 0 Å². The normalized spacial score (nSPS) is 20.7. The minimum atomic E-state index is -1.17. The summed E-state index contributed by atoms with van der Waals surface area (Å²) in [6, 6.07) is 11.7. The van der Waals surface area contributed by atoms with Gasteiger partial charge in [-0.2, -0.15) is 0 Å². The fourth-order valence-electron chi connectivity index (χ4n) is 5.07. The summed E-state index contributed by atoms with van der Waals surface area (Å²) in [6.45, 7) is 6.28. The molecule has 0 aromatic heterocycles. The molecule has 2 aromatic carbocycles. The molecule has 10 nitrogen and oxygen atoms in total. The standard InChI is InChI=1S/C28H34N4O6/c1-17-12-21(16-32(4,15-17)25(34)13-26(35)36)27(37)29-14-20-8-10-22(11-9-20)30-28(38)31-24-7-5-6-23(18(24)2)19(3)33/h5-11,17,21H,12-16H2,1-4H3,(H3-,29,30,31,35,36,37,38)/p+1/t17?,21-,32?/m0/s1. The van der Waals surface area contributed by atoms with Gasteiger partial charge in [0.1, 0.15) is 0 Å². The Kier molecular flexibility index (Phi) is 9.00. The van der Waals surface area contributed by atoms with Crippen LogP contribution < -0.4 is 16.0 Å². The highest BCUT2D eigenvalue weighted by Gasteiger charge is 2.43. The summed E-state index contributed by atoms with van der Waals surface area (Å²) in [5.41, 5.74) is 3.18. The fraction of sp³-hybridized carbons (Fsp3) is 0.393. The molecule has 202 valence electrons. The Bertz CT molecular complexity index is 1240. The number of benzene rings is 2. The Morgan fingerprint density at radius 1 is 1.00 bits per heavy atom. The molecule has 1 aliphatic heterocycles. The molecule has 0 radical (unpaired) electrons. The smallest absolute Gasteiger partial charge is 0.324 e. The molecule has 0 bridgehead atoms. The quantitative estimate of drug-likeness (QED) is 0.237. The van der Waals surface area contributed by atoms with Gasteiger partial charge in [-0.25, -0.2) is 9.59 Å². The van der Waals surface area contributed by atoms with Crippen LogP contribution in [0.3, 0.4) is 0 Å². The number of nitrogens with one attached hydrogen (secondary N) is 3. The number of amides is 4. The molecule has 4 N–H and O–H groups in total. The molecule has 0 saturated carbocycles. The van der Waals surface area contributed by atoms with E-state index in [0.29, 0.717) is 35.5 Å². The van der Waals surface area contributed by atoms with E-state index in [1.54, 1.807) is 56.4 Å². The molecule has 1 aliphatic rings. The number of hydrogen-bond donors (Lipinski definition) is 4. The van der Waals surface area contributed by atoms with Gasteiger partial charge in [0.2, 0.25) is 5.91 Å². The van der Waals surface area contributed by atoms with Crippen molar-refractivity contribution in [3.8, 4) is 0 Å². The second kappa shape index (κ2) is 12.0. The second-order valence-corrected chi connectivity index (χ2v) is 10.3. The Hall–Kier alpha value is -4.05. The summed E-state index contributed by atoms with van der Waals surface area (Å²) >= 11 is 0. The molecule has 3 rings (SSSR count). The average Bonchev–Trinajstić information content (AvgIpc) is 2.83. The highest BCUT2D eigenvalue weighted by atomic mass is 16.4. The maximum absolute atomic E-state index is 12.9. The Morgan fingerprint density at radius 3 is 2.32 bits per heavy atom. The number of urea groups is 1. The first-order chi connectivity index (χ1) is 17.9. The lowest BCUT2D eigenvalue weighted by Gasteiger charge is -2.41. The van der Waals surface area contributed by atoms with Crippen molar-refractivity contribution in [1.29, 1.82) is 0 Å². The van der Waals surface area contributed by atoms with Gasteiger partial charge in [-0.05, 0) is 49.6 Å². The van der Waals surface area contributed by atoms with Gasteiger partial charge in [0.25, 0.3) is 0 Å². The van der Waals surface area contributed by atoms with Crippen molar-refractivity contribution in [2.75, 3.05) is 30.8 Å². The van der Waals surface area contributed by atoms with Gasteiger partial charge in [-0.3, -0.25) is 18.9 Å². The maximum Gasteiger partial charge on any atom is 0.324 e. The van der Waals surface area contributed by atoms with E-state index in [9.17, 15) is 24.0 Å². The van der Waals surface area contributed by atoms with Crippen LogP contribution in [0.2, 0.25) is 0 Å². The molecule has 38 heavy (non-hydrogen) atoms. The second-order valence-electron chi connectivity index (χ2n) is 10.3. The van der Waals surface area contributed by atoms with Crippen LogP contribution in [0.25, 0.3) is 0 Å². The van der Waals surface area contributed by atoms with E-state index in [4.69, 9.17) is 5.11 Å². The minimum Gasteiger partial charge on any atom is -0.481 e. The number of nitrogens with zero attached hydrogens (tertiary/aromatic N) is 1. The van der Waals surface area contributed by atoms with Crippen LogP contribution >= 0.6 is 0 Å². The number of carbonyl (C=O) groups excluding carboxylic acids is 4. The highest BCUT2D eigenvalue weighted by Crippen LogP contribution is 2.27. The number of rotatable bonds is 8. The Morgan fingerprint density at radius 2 is 1.68 bits per heavy atom. The van der Waals surface area contributed by atoms with E-state index in [1.807, 2.05) is 6.92 Å². The number of ketones is 1. The third-order valence-corrected chi connectivity index (χ3v) is 6.94. The molecule has 4 amide bonds. The Balaban J connectivity index is 1.54. The predicted molar refractivity (Wildman–Crippen MR) is 143 cm³/mol. The van der Waals surface area contributed by atoms with Crippen LogP contribution in [0, 0.1) is 18.8 Å². The van der Waals surface area contributed by atoms with Crippen LogP contribution in [0.1, 0.15) is 48.2 Å². The molecule has 1 heterocycles. The summed E-state index contributed by atoms with van der Waals surface area (Å²) in [5, 5.41) is 17.4. The lowest BCUT2D eigenvalue weighted by Crippen LogP contribution is -2.59. The fourth-order valence-corrected chi connectivity index (χ4v) is 5.07. The molecule has 1 saturated heterocycles. The number of quaternary nitrogens is 1. The molecule has 2 unspecified atom stereocenters. The monoisotopic (exact) mass is 523 g/mol. The molecule has 0 spiro atoms. The van der Waals surface area contributed by atoms with Gasteiger partial charge in [-0.1, -0.05) is 31.2 Å². The molecule has 10 heteroatoms. The van der Waals surface area contributed by atoms with Crippen LogP contribution in [-0.2, 0) is 20.9 Å². The number of likely N-dealkylation sites (tertiary alicyclic amines) is 1. The van der Waals surface area contributed by atoms with Crippen molar-refractivity contribution in [2.45, 2.75) is 40.2 Å². The number of carboxylic acids is 1. The number of piperidine rings is 1. The van der Waals surface area contributed by atoms with Gasteiger partial charge in [0.15, 0.2) is 12.2 Å². The van der Waals surface area contributed by atoms with Crippen LogP contribution in [0.15, 0.2) is 42.5 Å². The molecular weight excluding hydrogens is 488 g/mol. The van der Waals surface area contributed by atoms with Gasteiger partial charge in [0, 0.05) is 29.4 Å². The predicted octanol–water partition coefficient (Wildman–Crippen LogP) is 3.56. The number of Topliss-reactive ketones (excluding diaryl/α,β-unsaturated/α-hetero) is 1. The molecular formula is C28H35N4O6+. The molecule has 3 atom stereocenters. The molecule has 0 aliphatic carbocycles. The third-order valence-electron chi connectivity index (χ3n) is 6.94. The van der Waals surface area contributed by atoms with E-state index >= 15 is 0 Å². The van der Waals surface area contributed by atoms with E-state index in [-0.39, 0.29) is 35.2 Å². The van der Waals surface area contributed by atoms with E-state index in [0.717, 1.165) is 5.56 Å². The maximum atomic E-state index is 12.9. The van der Waals surface area contributed by atoms with Gasteiger partial charge < -0.3 is 21.1 Å². The van der Waals surface area contributed by atoms with Crippen molar-refractivity contribution in [2.24, 2.45) is 11.8 Å². The minimum absolute atomic E-state index is 0.0629. The number of carbonyl (C=O) groups is 5. The number of hydrogen-bond acceptors (Lipinski definition) is 5. The summed E-state index contributed by atoms with van der Waals surface area (Å²) in [4.78, 5) is 60.6. The van der Waals surface area contributed by atoms with Crippen LogP contribution in [0.4, 0.5) is 16.2 Å². The van der Waals surface area contributed by atoms with Crippen LogP contribution in [-0.4, -0.2) is 59.3 Å². The van der Waals surface area contributed by atoms with Crippen molar-refractivity contribution < 1.29 is 33.6 Å². The zero-order chi connectivity index (χ0) is 28.0. The van der Waals surface area contributed by atoms with Gasteiger partial charge in [-0.15, -0.1) is 0 Å². The van der Waals surface area contributed by atoms with Gasteiger partial charge >= 0.3 is 17.9 Å². The molecule has 2 aromatic rings. The van der Waals surface area contributed by atoms with E-state index < -0.39 is 30.2 Å².